The van der Waals surface area contributed by atoms with Crippen molar-refractivity contribution in [2.24, 2.45) is 22.7 Å². The highest BCUT2D eigenvalue weighted by Crippen LogP contribution is 2.60. The predicted octanol–water partition coefficient (Wildman–Crippen LogP) is 8.16. The van der Waals surface area contributed by atoms with Gasteiger partial charge in [0.05, 0.1) is 22.6 Å². The maximum Gasteiger partial charge on any atom is 0.393 e. The van der Waals surface area contributed by atoms with Crippen molar-refractivity contribution in [2.75, 3.05) is 44.7 Å². The Bertz CT molecular complexity index is 1760. The summed E-state index contributed by atoms with van der Waals surface area (Å²) < 4.78 is 85.4. The van der Waals surface area contributed by atoms with E-state index in [0.29, 0.717) is 5.69 Å². The molecule has 1 unspecified atom stereocenters. The van der Waals surface area contributed by atoms with Crippen molar-refractivity contribution in [2.45, 2.75) is 83.2 Å². The maximum atomic E-state index is 14.5. The molecule has 2 aromatic carbocycles. The summed E-state index contributed by atoms with van der Waals surface area (Å²) in [7, 11) is -2.43. The van der Waals surface area contributed by atoms with Gasteiger partial charge < -0.3 is 14.4 Å². The molecule has 2 atom stereocenters. The van der Waals surface area contributed by atoms with Crippen LogP contribution in [-0.2, 0) is 14.8 Å². The number of hydrogen-bond acceptors (Lipinski definition) is 7. The number of aromatic nitrogens is 2. The van der Waals surface area contributed by atoms with E-state index >= 15 is 0 Å². The number of ether oxygens (including phenoxy) is 2. The number of methoxy groups -OCH3 is 1. The van der Waals surface area contributed by atoms with Gasteiger partial charge in [-0.05, 0) is 112 Å². The van der Waals surface area contributed by atoms with Crippen LogP contribution < -0.4 is 9.46 Å². The van der Waals surface area contributed by atoms with Crippen molar-refractivity contribution < 1.29 is 31.1 Å². The highest BCUT2D eigenvalue weighted by Gasteiger charge is 2.53. The summed E-state index contributed by atoms with van der Waals surface area (Å²) in [6.07, 6.45) is 0.216. The summed E-state index contributed by atoms with van der Waals surface area (Å²) in [4.78, 5) is 11.5. The smallest absolute Gasteiger partial charge is 0.393 e. The van der Waals surface area contributed by atoms with Crippen LogP contribution in [0.15, 0.2) is 53.4 Å². The fraction of sp³-hybridized carbons (Fsp3) is 0.579. The summed E-state index contributed by atoms with van der Waals surface area (Å²) >= 11 is 0. The number of halogens is 3. The highest BCUT2D eigenvalue weighted by molar-refractivity contribution is 7.92. The zero-order valence-corrected chi connectivity index (χ0v) is 30.5. The van der Waals surface area contributed by atoms with E-state index in [1.165, 1.54) is 19.9 Å². The van der Waals surface area contributed by atoms with Crippen LogP contribution in [0, 0.1) is 36.5 Å². The molecule has 3 heterocycles. The number of hydrogen-bond donors (Lipinski definition) is 1. The third kappa shape index (κ3) is 7.67. The molecule has 50 heavy (non-hydrogen) atoms. The molecule has 1 aromatic heterocycles. The Morgan fingerprint density at radius 3 is 2.36 bits per heavy atom. The number of benzene rings is 2. The second-order valence-corrected chi connectivity index (χ2v) is 17.1. The summed E-state index contributed by atoms with van der Waals surface area (Å²) in [5, 5.41) is 0. The number of nitrogens with one attached hydrogen (secondary N) is 1. The molecule has 3 aromatic rings. The molecular formula is C38H49F3N4O4S. The first-order valence-electron chi connectivity index (χ1n) is 17.6. The van der Waals surface area contributed by atoms with E-state index in [0.717, 1.165) is 80.6 Å². The lowest BCUT2D eigenvalue weighted by Gasteiger charge is -2.56. The summed E-state index contributed by atoms with van der Waals surface area (Å²) in [6.45, 7) is 10.1. The van der Waals surface area contributed by atoms with Gasteiger partial charge in [0.1, 0.15) is 0 Å². The molecule has 1 saturated heterocycles. The monoisotopic (exact) mass is 714 g/mol. The van der Waals surface area contributed by atoms with Crippen molar-refractivity contribution in [3.05, 3.63) is 65.2 Å². The van der Waals surface area contributed by atoms with Crippen molar-refractivity contribution in [3.8, 4) is 17.1 Å². The Morgan fingerprint density at radius 2 is 1.70 bits per heavy atom. The number of aryl methyl sites for hydroxylation is 2. The minimum atomic E-state index is -4.44. The van der Waals surface area contributed by atoms with Gasteiger partial charge >= 0.3 is 6.18 Å². The van der Waals surface area contributed by atoms with Crippen LogP contribution >= 0.6 is 0 Å². The van der Waals surface area contributed by atoms with Gasteiger partial charge in [-0.15, -0.1) is 0 Å². The molecule has 2 aliphatic heterocycles. The van der Waals surface area contributed by atoms with Crippen LogP contribution in [0.3, 0.4) is 0 Å². The summed E-state index contributed by atoms with van der Waals surface area (Å²) in [5.41, 5.74) is 2.00. The van der Waals surface area contributed by atoms with E-state index in [2.05, 4.69) is 19.6 Å². The molecule has 0 amide bonds. The van der Waals surface area contributed by atoms with Gasteiger partial charge in [0.15, 0.2) is 0 Å². The van der Waals surface area contributed by atoms with Crippen LogP contribution in [0.2, 0.25) is 0 Å². The Balaban J connectivity index is 1.38. The van der Waals surface area contributed by atoms with Crippen LogP contribution in [0.1, 0.15) is 75.0 Å². The van der Waals surface area contributed by atoms with Gasteiger partial charge in [-0.1, -0.05) is 44.2 Å². The number of rotatable bonds is 8. The van der Waals surface area contributed by atoms with Crippen molar-refractivity contribution >= 4 is 16.0 Å². The number of anilines is 1. The van der Waals surface area contributed by atoms with Crippen molar-refractivity contribution in [1.82, 2.24) is 14.9 Å². The molecule has 6 rings (SSSR count). The molecule has 1 saturated carbocycles. The first-order chi connectivity index (χ1) is 23.6. The molecular weight excluding hydrogens is 666 g/mol. The van der Waals surface area contributed by atoms with Gasteiger partial charge in [0.25, 0.3) is 10.0 Å². The van der Waals surface area contributed by atoms with E-state index in [-0.39, 0.29) is 47.0 Å². The second kappa shape index (κ2) is 14.1. The van der Waals surface area contributed by atoms with Gasteiger partial charge in [0, 0.05) is 37.8 Å². The highest BCUT2D eigenvalue weighted by atomic mass is 32.2. The predicted molar refractivity (Wildman–Crippen MR) is 188 cm³/mol. The fourth-order valence-corrected chi connectivity index (χ4v) is 9.54. The van der Waals surface area contributed by atoms with Crippen LogP contribution in [0.4, 0.5) is 19.1 Å². The minimum absolute atomic E-state index is 0.0133. The number of likely N-dealkylation sites (tertiary alicyclic amines) is 1. The van der Waals surface area contributed by atoms with E-state index < -0.39 is 27.5 Å². The largest absolute Gasteiger partial charge is 0.477 e. The normalized spacial score (nSPS) is 22.5. The van der Waals surface area contributed by atoms with E-state index in [1.807, 2.05) is 38.1 Å². The number of sulfonamides is 1. The zero-order chi connectivity index (χ0) is 35.9. The van der Waals surface area contributed by atoms with Crippen LogP contribution in [-0.4, -0.2) is 69.4 Å². The van der Waals surface area contributed by atoms with Crippen LogP contribution in [0.25, 0.3) is 11.3 Å². The number of alkyl halides is 3. The average Bonchev–Trinajstić information content (AvgIpc) is 3.02. The molecule has 2 fully saturated rings. The number of nitrogens with zero attached hydrogens (tertiary/aromatic N) is 3. The van der Waals surface area contributed by atoms with Crippen molar-refractivity contribution in [1.29, 1.82) is 0 Å². The zero-order valence-electron chi connectivity index (χ0n) is 29.6. The minimum Gasteiger partial charge on any atom is -0.477 e. The lowest BCUT2D eigenvalue weighted by molar-refractivity contribution is -0.219. The van der Waals surface area contributed by atoms with E-state index in [9.17, 15) is 21.6 Å². The van der Waals surface area contributed by atoms with Crippen molar-refractivity contribution in [3.63, 3.8) is 0 Å². The Morgan fingerprint density at radius 1 is 1.02 bits per heavy atom. The Kier molecular flexibility index (Phi) is 10.3. The number of piperidine rings is 1. The standard InChI is InChI=1S/C38H49F3N4O4S/c1-25-9-6-10-26(2)33(25)31-20-32-43-35(42-31)44-50(46,47)30-12-7-11-27(19-30)34(29(24-49-32)21-36(3,4)38(39,40)41)28-22-37(23-28)13-16-45(17-14-37)15-8-18-48-5/h6-7,9-12,19-20,28-29,34H,8,13-18,21-24H2,1-5H3,(H,42,43,44)/t29-,34?/m1/s1. The summed E-state index contributed by atoms with van der Waals surface area (Å²) in [6, 6.07) is 14.1. The average molecular weight is 715 g/mol. The third-order valence-electron chi connectivity index (χ3n) is 11.3. The molecule has 4 bridgehead atoms. The lowest BCUT2D eigenvalue weighted by atomic mass is 9.51. The quantitative estimate of drug-likeness (QED) is 0.236. The van der Waals surface area contributed by atoms with Gasteiger partial charge in [0.2, 0.25) is 11.8 Å². The Labute approximate surface area is 294 Å². The molecule has 12 heteroatoms. The second-order valence-electron chi connectivity index (χ2n) is 15.4. The molecule has 0 radical (unpaired) electrons. The molecule has 3 aliphatic rings. The molecule has 8 nitrogen and oxygen atoms in total. The van der Waals surface area contributed by atoms with Gasteiger partial charge in [-0.25, -0.2) is 18.1 Å². The number of fused-ring (bicyclic) bond motifs is 4. The fourth-order valence-electron chi connectivity index (χ4n) is 8.54. The van der Waals surface area contributed by atoms with E-state index in [4.69, 9.17) is 9.47 Å². The molecule has 1 spiro atoms. The van der Waals surface area contributed by atoms with Crippen LogP contribution in [0.5, 0.6) is 5.88 Å². The maximum absolute atomic E-state index is 14.5. The first-order valence-corrected chi connectivity index (χ1v) is 19.1. The molecule has 272 valence electrons. The van der Waals surface area contributed by atoms with E-state index in [1.54, 1.807) is 25.3 Å². The lowest BCUT2D eigenvalue weighted by Crippen LogP contribution is -2.50. The molecule has 1 aliphatic carbocycles. The van der Waals surface area contributed by atoms with Gasteiger partial charge in [-0.3, -0.25) is 0 Å². The summed E-state index contributed by atoms with van der Waals surface area (Å²) in [5.74, 6) is -0.900. The molecule has 1 N–H and O–H groups in total. The van der Waals surface area contributed by atoms with Gasteiger partial charge in [-0.2, -0.15) is 18.2 Å². The topological polar surface area (TPSA) is 93.7 Å². The third-order valence-corrected chi connectivity index (χ3v) is 12.7. The Hall–Kier alpha value is -3.22. The SMILES string of the molecule is COCCCN1CCC2(CC1)CC(C1c3cccc(c3)S(=O)(=O)Nc3nc(cc(-c4c(C)cccc4C)n3)OC[C@H]1CC(C)(C)C(F)(F)F)C2. The first kappa shape index (κ1) is 36.6.